The second kappa shape index (κ2) is 8.66. The van der Waals surface area contributed by atoms with Crippen molar-refractivity contribution in [3.8, 4) is 5.69 Å². The molecule has 0 saturated heterocycles. The molecule has 0 aliphatic carbocycles. The fraction of sp³-hybridized carbons (Fsp3) is 0.250. The summed E-state index contributed by atoms with van der Waals surface area (Å²) >= 11 is 0. The largest absolute Gasteiger partial charge is 0.336 e. The predicted octanol–water partition coefficient (Wildman–Crippen LogP) is 4.51. The van der Waals surface area contributed by atoms with Gasteiger partial charge in [-0.1, -0.05) is 35.9 Å². The van der Waals surface area contributed by atoms with Crippen LogP contribution in [0.25, 0.3) is 16.6 Å². The van der Waals surface area contributed by atoms with E-state index >= 15 is 0 Å². The van der Waals surface area contributed by atoms with Crippen molar-refractivity contribution < 1.29 is 4.79 Å². The molecule has 5 heteroatoms. The molecule has 0 N–H and O–H groups in total. The Kier molecular flexibility index (Phi) is 5.90. The van der Waals surface area contributed by atoms with Crippen molar-refractivity contribution in [3.63, 3.8) is 0 Å². The molecule has 0 fully saturated rings. The second-order valence-corrected chi connectivity index (χ2v) is 8.97. The number of hydrogen-bond donors (Lipinski definition) is 0. The lowest BCUT2D eigenvalue weighted by molar-refractivity contribution is -0.119. The minimum absolute atomic E-state index is 0.0806. The van der Waals surface area contributed by atoms with Crippen molar-refractivity contribution in [3.05, 3.63) is 109 Å². The van der Waals surface area contributed by atoms with Crippen LogP contribution >= 0.6 is 0 Å². The summed E-state index contributed by atoms with van der Waals surface area (Å²) < 4.78 is 2.60. The molecule has 1 heterocycles. The van der Waals surface area contributed by atoms with E-state index in [2.05, 4.69) is 12.1 Å². The highest BCUT2D eigenvalue weighted by molar-refractivity contribution is 5.84. The minimum Gasteiger partial charge on any atom is -0.297 e. The molecule has 0 amide bonds. The molecule has 0 aliphatic heterocycles. The summed E-state index contributed by atoms with van der Waals surface area (Å²) in [5.74, 6) is -0.0806. The summed E-state index contributed by atoms with van der Waals surface area (Å²) in [4.78, 5) is 40.0. The van der Waals surface area contributed by atoms with Crippen LogP contribution in [-0.4, -0.2) is 14.9 Å². The molecule has 3 aromatic carbocycles. The van der Waals surface area contributed by atoms with E-state index in [9.17, 15) is 14.4 Å². The molecule has 0 saturated carbocycles. The molecule has 0 spiro atoms. The van der Waals surface area contributed by atoms with Gasteiger partial charge in [0.2, 0.25) is 0 Å². The molecule has 4 aromatic rings. The van der Waals surface area contributed by atoms with Gasteiger partial charge in [-0.05, 0) is 86.7 Å². The van der Waals surface area contributed by atoms with Gasteiger partial charge < -0.3 is 0 Å². The van der Waals surface area contributed by atoms with Crippen molar-refractivity contribution in [2.24, 2.45) is 0 Å². The second-order valence-electron chi connectivity index (χ2n) is 8.97. The zero-order valence-electron chi connectivity index (χ0n) is 19.7. The average Bonchev–Trinajstić information content (AvgIpc) is 2.73. The van der Waals surface area contributed by atoms with Gasteiger partial charge >= 0.3 is 5.69 Å². The highest BCUT2D eigenvalue weighted by atomic mass is 16.2. The van der Waals surface area contributed by atoms with Gasteiger partial charge in [0.1, 0.15) is 0 Å². The molecule has 5 nitrogen and oxygen atoms in total. The van der Waals surface area contributed by atoms with Crippen LogP contribution in [0.2, 0.25) is 0 Å². The number of nitrogens with zero attached hydrogens (tertiary/aromatic N) is 2. The third-order valence-corrected chi connectivity index (χ3v) is 6.06. The van der Waals surface area contributed by atoms with Gasteiger partial charge in [0.05, 0.1) is 23.1 Å². The summed E-state index contributed by atoms with van der Waals surface area (Å²) in [6.07, 6.45) is 0.237. The molecule has 33 heavy (non-hydrogen) atoms. The van der Waals surface area contributed by atoms with Crippen LogP contribution < -0.4 is 11.2 Å². The molecule has 0 aliphatic rings. The highest BCUT2D eigenvalue weighted by Crippen LogP contribution is 2.18. The maximum atomic E-state index is 13.6. The molecular weight excluding hydrogens is 412 g/mol. The first kappa shape index (κ1) is 22.5. The first-order chi connectivity index (χ1) is 15.7. The zero-order valence-corrected chi connectivity index (χ0v) is 19.7. The molecule has 1 aromatic heterocycles. The summed E-state index contributed by atoms with van der Waals surface area (Å²) in [5, 5.41) is 0.409. The summed E-state index contributed by atoms with van der Waals surface area (Å²) in [6.45, 7) is 9.80. The molecule has 168 valence electrons. The number of aryl methyl sites for hydroxylation is 5. The maximum Gasteiger partial charge on any atom is 0.336 e. The van der Waals surface area contributed by atoms with Crippen LogP contribution in [0.5, 0.6) is 0 Å². The molecule has 0 radical (unpaired) electrons. The summed E-state index contributed by atoms with van der Waals surface area (Å²) in [7, 11) is 0. The van der Waals surface area contributed by atoms with Crippen LogP contribution in [-0.2, 0) is 17.8 Å². The third-order valence-electron chi connectivity index (χ3n) is 6.06. The number of Topliss-reactive ketones (excluding diaryl/α,β-unsaturated/α-hetero) is 1. The number of benzene rings is 3. The lowest BCUT2D eigenvalue weighted by Gasteiger charge is -2.15. The van der Waals surface area contributed by atoms with Crippen LogP contribution in [0.15, 0.2) is 64.2 Å². The Labute approximate surface area is 192 Å². The molecule has 0 bridgehead atoms. The number of para-hydroxylation sites is 1. The minimum atomic E-state index is -0.505. The molecule has 0 unspecified atom stereocenters. The van der Waals surface area contributed by atoms with Crippen LogP contribution in [0, 0.1) is 34.6 Å². The van der Waals surface area contributed by atoms with E-state index in [-0.39, 0.29) is 24.3 Å². The quantitative estimate of drug-likeness (QED) is 0.459. The first-order valence-corrected chi connectivity index (χ1v) is 11.1. The van der Waals surface area contributed by atoms with Crippen molar-refractivity contribution in [1.82, 2.24) is 9.13 Å². The first-order valence-electron chi connectivity index (χ1n) is 11.1. The average molecular weight is 441 g/mol. The lowest BCUT2D eigenvalue weighted by atomic mass is 9.96. The van der Waals surface area contributed by atoms with Crippen molar-refractivity contribution in [1.29, 1.82) is 0 Å². The van der Waals surface area contributed by atoms with E-state index in [4.69, 9.17) is 0 Å². The van der Waals surface area contributed by atoms with Crippen molar-refractivity contribution >= 4 is 16.7 Å². The van der Waals surface area contributed by atoms with Gasteiger partial charge in [0, 0.05) is 6.42 Å². The van der Waals surface area contributed by atoms with E-state index < -0.39 is 5.69 Å². The van der Waals surface area contributed by atoms with E-state index in [0.717, 1.165) is 33.4 Å². The predicted molar refractivity (Wildman–Crippen MR) is 133 cm³/mol. The Morgan fingerprint density at radius 3 is 2.00 bits per heavy atom. The number of aromatic nitrogens is 2. The smallest absolute Gasteiger partial charge is 0.297 e. The highest BCUT2D eigenvalue weighted by Gasteiger charge is 2.18. The van der Waals surface area contributed by atoms with Crippen molar-refractivity contribution in [2.75, 3.05) is 0 Å². The number of ketones is 1. The van der Waals surface area contributed by atoms with Crippen LogP contribution in [0.1, 0.15) is 33.4 Å². The van der Waals surface area contributed by atoms with E-state index in [0.29, 0.717) is 16.6 Å². The molecular formula is C28H28N2O3. The summed E-state index contributed by atoms with van der Waals surface area (Å²) in [6, 6.07) is 16.7. The Morgan fingerprint density at radius 2 is 1.36 bits per heavy atom. The number of carbonyl (C=O) groups excluding carboxylic acids is 1. The Balaban J connectivity index is 1.85. The topological polar surface area (TPSA) is 61.1 Å². The third kappa shape index (κ3) is 4.31. The van der Waals surface area contributed by atoms with E-state index in [1.165, 1.54) is 9.13 Å². The van der Waals surface area contributed by atoms with Crippen LogP contribution in [0.3, 0.4) is 0 Å². The molecule has 0 atom stereocenters. The van der Waals surface area contributed by atoms with Gasteiger partial charge in [-0.2, -0.15) is 0 Å². The van der Waals surface area contributed by atoms with E-state index in [1.807, 2.05) is 52.8 Å². The Bertz CT molecular complexity index is 1480. The number of hydrogen-bond acceptors (Lipinski definition) is 3. The Morgan fingerprint density at radius 1 is 0.788 bits per heavy atom. The van der Waals surface area contributed by atoms with Gasteiger partial charge in [-0.25, -0.2) is 9.36 Å². The number of fused-ring (bicyclic) bond motifs is 1. The van der Waals surface area contributed by atoms with Gasteiger partial charge in [0.25, 0.3) is 5.56 Å². The molecule has 4 rings (SSSR count). The lowest BCUT2D eigenvalue weighted by Crippen LogP contribution is -2.40. The standard InChI is InChI=1S/C28H28N2O3/c1-17-10-18(2)14-22(13-17)30-27(32)24-8-6-7-9-26(24)29(28(30)33)16-23(31)15-25-20(4)11-19(3)12-21(25)5/h6-14H,15-16H2,1-5H3. The summed E-state index contributed by atoms with van der Waals surface area (Å²) in [5.41, 5.74) is 6.29. The normalized spacial score (nSPS) is 11.2. The number of rotatable bonds is 5. The monoisotopic (exact) mass is 440 g/mol. The van der Waals surface area contributed by atoms with Gasteiger partial charge in [-0.3, -0.25) is 14.2 Å². The van der Waals surface area contributed by atoms with Gasteiger partial charge in [0.15, 0.2) is 5.78 Å². The SMILES string of the molecule is Cc1cc(C)cc(-n2c(=O)c3ccccc3n(CC(=O)Cc3c(C)cc(C)cc3C)c2=O)c1. The van der Waals surface area contributed by atoms with E-state index in [1.54, 1.807) is 24.3 Å². The fourth-order valence-electron chi connectivity index (χ4n) is 4.70. The fourth-order valence-corrected chi connectivity index (χ4v) is 4.70. The number of carbonyl (C=O) groups is 1. The zero-order chi connectivity index (χ0) is 23.9. The Hall–Kier alpha value is -3.73. The van der Waals surface area contributed by atoms with Crippen LogP contribution in [0.4, 0.5) is 0 Å². The van der Waals surface area contributed by atoms with Gasteiger partial charge in [-0.15, -0.1) is 0 Å². The maximum absolute atomic E-state index is 13.6. The van der Waals surface area contributed by atoms with Crippen molar-refractivity contribution in [2.45, 2.75) is 47.6 Å².